The van der Waals surface area contributed by atoms with E-state index in [2.05, 4.69) is 22.2 Å². The molecule has 1 N–H and O–H groups in total. The van der Waals surface area contributed by atoms with Gasteiger partial charge in [0.25, 0.3) is 0 Å². The van der Waals surface area contributed by atoms with Crippen LogP contribution < -0.4 is 10.1 Å². The van der Waals surface area contributed by atoms with Crippen molar-refractivity contribution in [3.05, 3.63) is 24.0 Å². The van der Waals surface area contributed by atoms with Gasteiger partial charge < -0.3 is 19.5 Å². The van der Waals surface area contributed by atoms with E-state index in [1.165, 1.54) is 0 Å². The largest absolute Gasteiger partial charge is 0.490 e. The van der Waals surface area contributed by atoms with Crippen molar-refractivity contribution in [2.24, 2.45) is 4.99 Å². The first-order chi connectivity index (χ1) is 12.4. The number of hydrogen-bond acceptors (Lipinski definition) is 7. The van der Waals surface area contributed by atoms with Gasteiger partial charge in [0.05, 0.1) is 12.7 Å². The van der Waals surface area contributed by atoms with Crippen molar-refractivity contribution >= 4 is 23.1 Å². The van der Waals surface area contributed by atoms with Crippen LogP contribution in [0.15, 0.2) is 23.5 Å². The number of aliphatic imine (C=N–C) groups is 1. The summed E-state index contributed by atoms with van der Waals surface area (Å²) in [5.41, 5.74) is 0.522. The van der Waals surface area contributed by atoms with Gasteiger partial charge in [-0.05, 0) is 38.8 Å². The molecule has 0 saturated carbocycles. The first-order valence-electron chi connectivity index (χ1n) is 8.72. The van der Waals surface area contributed by atoms with Gasteiger partial charge in [-0.1, -0.05) is 18.7 Å². The topological polar surface area (TPSA) is 82.0 Å². The molecule has 2 rings (SSSR count). The molecule has 1 atom stereocenters. The molecule has 144 valence electrons. The molecule has 2 heterocycles. The smallest absolute Gasteiger partial charge is 0.408 e. The summed E-state index contributed by atoms with van der Waals surface area (Å²) in [5, 5.41) is 3.45. The third-order valence-corrected chi connectivity index (χ3v) is 4.20. The molecule has 0 aromatic carbocycles. The SMILES string of the molecule is CCc1cncc(OC[C@H](COC2=NCCS2)NC(=O)OC(C)(C)C)c1. The van der Waals surface area contributed by atoms with E-state index in [1.54, 1.807) is 18.0 Å². The molecular formula is C18H27N3O4S. The summed E-state index contributed by atoms with van der Waals surface area (Å²) < 4.78 is 16.8. The number of aryl methyl sites for hydroxylation is 1. The van der Waals surface area contributed by atoms with Crippen LogP contribution in [0.5, 0.6) is 5.75 Å². The van der Waals surface area contributed by atoms with Crippen molar-refractivity contribution in [1.82, 2.24) is 10.3 Å². The maximum Gasteiger partial charge on any atom is 0.408 e. The van der Waals surface area contributed by atoms with E-state index in [9.17, 15) is 4.79 Å². The highest BCUT2D eigenvalue weighted by Crippen LogP contribution is 2.15. The van der Waals surface area contributed by atoms with Crippen LogP contribution >= 0.6 is 11.8 Å². The molecule has 8 heteroatoms. The molecule has 1 aliphatic heterocycles. The molecule has 0 unspecified atom stereocenters. The third kappa shape index (κ3) is 7.51. The molecule has 0 radical (unpaired) electrons. The average molecular weight is 381 g/mol. The lowest BCUT2D eigenvalue weighted by molar-refractivity contribution is 0.0463. The fraction of sp³-hybridized carbons (Fsp3) is 0.611. The summed E-state index contributed by atoms with van der Waals surface area (Å²) in [5.74, 6) is 1.58. The van der Waals surface area contributed by atoms with Crippen molar-refractivity contribution in [2.45, 2.75) is 45.8 Å². The van der Waals surface area contributed by atoms with Crippen LogP contribution in [0.25, 0.3) is 0 Å². The van der Waals surface area contributed by atoms with Crippen molar-refractivity contribution in [1.29, 1.82) is 0 Å². The maximum atomic E-state index is 12.1. The number of amides is 1. The molecule has 1 aromatic heterocycles. The summed E-state index contributed by atoms with van der Waals surface area (Å²) in [4.78, 5) is 20.5. The highest BCUT2D eigenvalue weighted by Gasteiger charge is 2.21. The molecule has 0 saturated heterocycles. The quantitative estimate of drug-likeness (QED) is 0.782. The Bertz CT molecular complexity index is 631. The monoisotopic (exact) mass is 381 g/mol. The van der Waals surface area contributed by atoms with Gasteiger partial charge in [0, 0.05) is 11.9 Å². The molecule has 1 aliphatic rings. The first kappa shape index (κ1) is 20.4. The van der Waals surface area contributed by atoms with Crippen LogP contribution in [0.2, 0.25) is 0 Å². The van der Waals surface area contributed by atoms with Crippen molar-refractivity contribution in [3.63, 3.8) is 0 Å². The lowest BCUT2D eigenvalue weighted by atomic mass is 10.2. The second-order valence-electron chi connectivity index (χ2n) is 6.84. The normalized spacial score (nSPS) is 15.2. The van der Waals surface area contributed by atoms with Crippen molar-refractivity contribution in [2.75, 3.05) is 25.5 Å². The lowest BCUT2D eigenvalue weighted by Gasteiger charge is -2.24. The number of hydrogen-bond donors (Lipinski definition) is 1. The molecule has 1 aromatic rings. The number of carbonyl (C=O) groups excluding carboxylic acids is 1. The van der Waals surface area contributed by atoms with E-state index in [1.807, 2.05) is 33.0 Å². The summed E-state index contributed by atoms with van der Waals surface area (Å²) in [7, 11) is 0. The predicted molar refractivity (Wildman–Crippen MR) is 103 cm³/mol. The van der Waals surface area contributed by atoms with Crippen LogP contribution in [-0.4, -0.2) is 53.5 Å². The number of nitrogens with zero attached hydrogens (tertiary/aromatic N) is 2. The van der Waals surface area contributed by atoms with E-state index in [0.29, 0.717) is 11.0 Å². The first-order valence-corrected chi connectivity index (χ1v) is 9.70. The highest BCUT2D eigenvalue weighted by molar-refractivity contribution is 8.13. The standard InChI is InChI=1S/C18H27N3O4S/c1-5-13-8-15(10-19-9-13)23-11-14(12-24-17-20-6-7-26-17)21-16(22)25-18(2,3)4/h8-10,14H,5-7,11-12H2,1-4H3,(H,21,22)/t14-/m1/s1. The predicted octanol–water partition coefficient (Wildman–Crippen LogP) is 3.04. The van der Waals surface area contributed by atoms with Gasteiger partial charge in [-0.25, -0.2) is 9.79 Å². The van der Waals surface area contributed by atoms with Gasteiger partial charge in [-0.15, -0.1) is 0 Å². The van der Waals surface area contributed by atoms with Gasteiger partial charge in [0.15, 0.2) is 0 Å². The second kappa shape index (κ2) is 9.66. The van der Waals surface area contributed by atoms with E-state index < -0.39 is 11.7 Å². The van der Waals surface area contributed by atoms with Gasteiger partial charge >= 0.3 is 6.09 Å². The number of ether oxygens (including phenoxy) is 3. The zero-order valence-corrected chi connectivity index (χ0v) is 16.6. The summed E-state index contributed by atoms with van der Waals surface area (Å²) >= 11 is 1.57. The van der Waals surface area contributed by atoms with Gasteiger partial charge in [0.1, 0.15) is 30.6 Å². The maximum absolute atomic E-state index is 12.1. The number of carbonyl (C=O) groups is 1. The Morgan fingerprint density at radius 1 is 1.31 bits per heavy atom. The molecule has 0 fully saturated rings. The Morgan fingerprint density at radius 2 is 2.08 bits per heavy atom. The fourth-order valence-corrected chi connectivity index (χ4v) is 2.80. The Hall–Kier alpha value is -1.96. The fourth-order valence-electron chi connectivity index (χ4n) is 2.11. The average Bonchev–Trinajstić information content (AvgIpc) is 3.09. The number of thioether (sulfide) groups is 1. The van der Waals surface area contributed by atoms with Crippen molar-refractivity contribution < 1.29 is 19.0 Å². The van der Waals surface area contributed by atoms with Crippen LogP contribution in [-0.2, 0) is 15.9 Å². The number of rotatable bonds is 7. The van der Waals surface area contributed by atoms with Gasteiger partial charge in [-0.2, -0.15) is 0 Å². The van der Waals surface area contributed by atoms with Gasteiger partial charge in [0.2, 0.25) is 5.23 Å². The molecule has 0 bridgehead atoms. The van der Waals surface area contributed by atoms with Crippen LogP contribution in [0.1, 0.15) is 33.3 Å². The molecule has 7 nitrogen and oxygen atoms in total. The zero-order chi connectivity index (χ0) is 19.0. The Kier molecular flexibility index (Phi) is 7.56. The summed E-state index contributed by atoms with van der Waals surface area (Å²) in [6.45, 7) is 8.77. The summed E-state index contributed by atoms with van der Waals surface area (Å²) in [6, 6.07) is 1.56. The zero-order valence-electron chi connectivity index (χ0n) is 15.8. The van der Waals surface area contributed by atoms with Gasteiger partial charge in [-0.3, -0.25) is 4.98 Å². The van der Waals surface area contributed by atoms with E-state index in [0.717, 1.165) is 24.3 Å². The van der Waals surface area contributed by atoms with E-state index in [4.69, 9.17) is 14.2 Å². The minimum absolute atomic E-state index is 0.242. The Labute approximate surface area is 158 Å². The molecule has 26 heavy (non-hydrogen) atoms. The molecular weight excluding hydrogens is 354 g/mol. The number of nitrogens with one attached hydrogen (secondary N) is 1. The second-order valence-corrected chi connectivity index (χ2v) is 7.89. The highest BCUT2D eigenvalue weighted by atomic mass is 32.2. The third-order valence-electron chi connectivity index (χ3n) is 3.32. The Morgan fingerprint density at radius 3 is 2.73 bits per heavy atom. The van der Waals surface area contributed by atoms with Crippen LogP contribution in [0.4, 0.5) is 4.79 Å². The van der Waals surface area contributed by atoms with E-state index in [-0.39, 0.29) is 19.3 Å². The number of alkyl carbamates (subject to hydrolysis) is 1. The number of aromatic nitrogens is 1. The Balaban J connectivity index is 1.93. The summed E-state index contributed by atoms with van der Waals surface area (Å²) in [6.07, 6.45) is 3.84. The molecule has 1 amide bonds. The minimum atomic E-state index is -0.568. The van der Waals surface area contributed by atoms with Crippen molar-refractivity contribution in [3.8, 4) is 5.75 Å². The molecule has 0 spiro atoms. The molecule has 0 aliphatic carbocycles. The minimum Gasteiger partial charge on any atom is -0.490 e. The van der Waals surface area contributed by atoms with Crippen LogP contribution in [0, 0.1) is 0 Å². The van der Waals surface area contributed by atoms with Crippen LogP contribution in [0.3, 0.4) is 0 Å². The number of pyridine rings is 1. The lowest BCUT2D eigenvalue weighted by Crippen LogP contribution is -2.45. The van der Waals surface area contributed by atoms with E-state index >= 15 is 0 Å².